The van der Waals surface area contributed by atoms with Gasteiger partial charge in [-0.2, -0.15) is 0 Å². The van der Waals surface area contributed by atoms with E-state index in [4.69, 9.17) is 4.74 Å². The van der Waals surface area contributed by atoms with Gasteiger partial charge in [-0.25, -0.2) is 4.39 Å². The number of non-ortho nitro benzene ring substituents is 1. The molecular formula is C24H29FN4O4. The molecule has 0 saturated carbocycles. The average Bonchev–Trinajstić information content (AvgIpc) is 2.82. The maximum Gasteiger partial charge on any atom is 0.269 e. The first-order chi connectivity index (χ1) is 16.0. The monoisotopic (exact) mass is 456 g/mol. The number of benzene rings is 2. The Labute approximate surface area is 192 Å². The number of nitrogens with one attached hydrogen (secondary N) is 1. The van der Waals surface area contributed by atoms with E-state index in [9.17, 15) is 19.3 Å². The first kappa shape index (κ1) is 23.1. The Hall–Kier alpha value is -3.04. The van der Waals surface area contributed by atoms with Crippen LogP contribution in [0.3, 0.4) is 0 Å². The molecule has 1 fully saturated rings. The summed E-state index contributed by atoms with van der Waals surface area (Å²) in [4.78, 5) is 28.6. The Balaban J connectivity index is 1.55. The van der Waals surface area contributed by atoms with E-state index in [0.717, 1.165) is 29.8 Å². The summed E-state index contributed by atoms with van der Waals surface area (Å²) in [5, 5.41) is 14.3. The molecule has 4 rings (SSSR count). The van der Waals surface area contributed by atoms with Gasteiger partial charge in [0.1, 0.15) is 5.82 Å². The Morgan fingerprint density at radius 3 is 2.76 bits per heavy atom. The number of rotatable bonds is 8. The van der Waals surface area contributed by atoms with E-state index in [0.29, 0.717) is 39.2 Å². The van der Waals surface area contributed by atoms with E-state index in [1.54, 1.807) is 25.3 Å². The summed E-state index contributed by atoms with van der Waals surface area (Å²) in [5.41, 5.74) is 2.87. The molecule has 176 valence electrons. The van der Waals surface area contributed by atoms with Gasteiger partial charge in [0.25, 0.3) is 5.69 Å². The maximum absolute atomic E-state index is 13.3. The molecule has 2 unspecified atom stereocenters. The maximum atomic E-state index is 13.3. The van der Waals surface area contributed by atoms with Gasteiger partial charge in [-0.1, -0.05) is 12.1 Å². The van der Waals surface area contributed by atoms with Gasteiger partial charge in [-0.3, -0.25) is 19.8 Å². The van der Waals surface area contributed by atoms with Crippen molar-refractivity contribution in [2.45, 2.75) is 25.4 Å². The molecule has 1 amide bonds. The van der Waals surface area contributed by atoms with Crippen molar-refractivity contribution in [3.05, 3.63) is 69.5 Å². The fourth-order valence-electron chi connectivity index (χ4n) is 4.83. The van der Waals surface area contributed by atoms with Crippen molar-refractivity contribution in [1.82, 2.24) is 10.2 Å². The number of halogens is 1. The molecule has 33 heavy (non-hydrogen) atoms. The van der Waals surface area contributed by atoms with Gasteiger partial charge < -0.3 is 15.0 Å². The second-order valence-electron chi connectivity index (χ2n) is 8.64. The smallest absolute Gasteiger partial charge is 0.269 e. The molecule has 0 radical (unpaired) electrons. The summed E-state index contributed by atoms with van der Waals surface area (Å²) in [6.45, 7) is 3.96. The van der Waals surface area contributed by atoms with Crippen LogP contribution in [0.5, 0.6) is 0 Å². The lowest BCUT2D eigenvalue weighted by molar-refractivity contribution is -0.384. The molecule has 2 aliphatic rings. The fraction of sp³-hybridized carbons (Fsp3) is 0.458. The Bertz CT molecular complexity index is 1000. The van der Waals surface area contributed by atoms with Crippen LogP contribution in [0, 0.1) is 21.8 Å². The largest absolute Gasteiger partial charge is 0.385 e. The number of methoxy groups -OCH3 is 1. The van der Waals surface area contributed by atoms with E-state index in [2.05, 4.69) is 15.1 Å². The van der Waals surface area contributed by atoms with Crippen LogP contribution in [-0.4, -0.2) is 61.7 Å². The van der Waals surface area contributed by atoms with Crippen molar-refractivity contribution < 1.29 is 18.8 Å². The molecule has 0 aliphatic carbocycles. The molecule has 1 N–H and O–H groups in total. The normalized spacial score (nSPS) is 20.1. The van der Waals surface area contributed by atoms with E-state index >= 15 is 0 Å². The minimum absolute atomic E-state index is 0.0399. The summed E-state index contributed by atoms with van der Waals surface area (Å²) in [5.74, 6) is -0.619. The number of carbonyl (C=O) groups is 1. The average molecular weight is 457 g/mol. The third-order valence-corrected chi connectivity index (χ3v) is 6.47. The molecule has 2 heterocycles. The molecule has 2 atom stereocenters. The van der Waals surface area contributed by atoms with Gasteiger partial charge in [0.05, 0.1) is 16.9 Å². The fourth-order valence-corrected chi connectivity index (χ4v) is 4.83. The topological polar surface area (TPSA) is 87.9 Å². The highest BCUT2D eigenvalue weighted by Gasteiger charge is 2.41. The second-order valence-corrected chi connectivity index (χ2v) is 8.64. The van der Waals surface area contributed by atoms with Crippen LogP contribution in [0.25, 0.3) is 0 Å². The van der Waals surface area contributed by atoms with E-state index in [1.807, 2.05) is 6.07 Å². The van der Waals surface area contributed by atoms with Crippen molar-refractivity contribution >= 4 is 17.3 Å². The highest BCUT2D eigenvalue weighted by Crippen LogP contribution is 2.38. The molecule has 0 bridgehead atoms. The van der Waals surface area contributed by atoms with Crippen molar-refractivity contribution in [3.63, 3.8) is 0 Å². The van der Waals surface area contributed by atoms with Gasteiger partial charge in [0.15, 0.2) is 0 Å². The second kappa shape index (κ2) is 10.3. The van der Waals surface area contributed by atoms with Gasteiger partial charge in [0, 0.05) is 64.3 Å². The zero-order valence-corrected chi connectivity index (χ0v) is 18.7. The molecule has 0 spiro atoms. The number of nitro benzene ring substituents is 1. The number of anilines is 1. The first-order valence-electron chi connectivity index (χ1n) is 11.2. The van der Waals surface area contributed by atoms with E-state index < -0.39 is 4.92 Å². The van der Waals surface area contributed by atoms with E-state index in [1.165, 1.54) is 18.2 Å². The molecule has 0 aromatic heterocycles. The summed E-state index contributed by atoms with van der Waals surface area (Å²) in [6.07, 6.45) is 1.18. The summed E-state index contributed by atoms with van der Waals surface area (Å²) >= 11 is 0. The quantitative estimate of drug-likeness (QED) is 0.373. The van der Waals surface area contributed by atoms with Crippen LogP contribution in [0.1, 0.15) is 17.5 Å². The number of carbonyl (C=O) groups excluding carboxylic acids is 1. The summed E-state index contributed by atoms with van der Waals surface area (Å²) < 4.78 is 18.3. The third-order valence-electron chi connectivity index (χ3n) is 6.47. The number of piperazine rings is 1. The lowest BCUT2D eigenvalue weighted by Crippen LogP contribution is -2.60. The molecule has 2 aromatic rings. The van der Waals surface area contributed by atoms with Gasteiger partial charge in [-0.05, 0) is 42.2 Å². The number of fused-ring (bicyclic) bond motifs is 3. The van der Waals surface area contributed by atoms with E-state index in [-0.39, 0.29) is 29.4 Å². The number of amides is 1. The minimum Gasteiger partial charge on any atom is -0.385 e. The Morgan fingerprint density at radius 1 is 1.24 bits per heavy atom. The van der Waals surface area contributed by atoms with Crippen LogP contribution < -0.4 is 10.2 Å². The molecule has 8 nitrogen and oxygen atoms in total. The summed E-state index contributed by atoms with van der Waals surface area (Å²) in [7, 11) is 1.63. The number of hydrogen-bond acceptors (Lipinski definition) is 6. The van der Waals surface area contributed by atoms with Crippen LogP contribution in [0.15, 0.2) is 42.5 Å². The third kappa shape index (κ3) is 5.31. The van der Waals surface area contributed by atoms with Crippen molar-refractivity contribution in [2.75, 3.05) is 44.8 Å². The first-order valence-corrected chi connectivity index (χ1v) is 11.2. The predicted octanol–water partition coefficient (Wildman–Crippen LogP) is 2.75. The standard InChI is InChI=1S/C24H29FN4O4/c1-33-12-2-9-26-24(30)21-14-18-13-20(29(31)32)7-8-22(18)28-11-10-27(16-23(21)28)15-17-3-5-19(25)6-4-17/h3-8,13,21,23H,2,9-12,14-16H2,1H3,(H,26,30). The van der Waals surface area contributed by atoms with Crippen LogP contribution >= 0.6 is 0 Å². The number of hydrogen-bond donors (Lipinski definition) is 1. The Morgan fingerprint density at radius 2 is 2.03 bits per heavy atom. The van der Waals surface area contributed by atoms with Gasteiger partial charge in [-0.15, -0.1) is 0 Å². The lowest BCUT2D eigenvalue weighted by Gasteiger charge is -2.49. The molecular weight excluding hydrogens is 427 g/mol. The number of nitro groups is 1. The summed E-state index contributed by atoms with van der Waals surface area (Å²) in [6, 6.07) is 11.4. The zero-order chi connectivity index (χ0) is 23.4. The number of ether oxygens (including phenoxy) is 1. The molecule has 9 heteroatoms. The highest BCUT2D eigenvalue weighted by molar-refractivity contribution is 5.82. The van der Waals surface area contributed by atoms with Crippen molar-refractivity contribution in [1.29, 1.82) is 0 Å². The van der Waals surface area contributed by atoms with Gasteiger partial charge in [0.2, 0.25) is 5.91 Å². The van der Waals surface area contributed by atoms with Crippen LogP contribution in [0.2, 0.25) is 0 Å². The predicted molar refractivity (Wildman–Crippen MR) is 123 cm³/mol. The molecule has 1 saturated heterocycles. The lowest BCUT2D eigenvalue weighted by atomic mass is 9.83. The highest BCUT2D eigenvalue weighted by atomic mass is 19.1. The Kier molecular flexibility index (Phi) is 7.20. The van der Waals surface area contributed by atoms with Crippen molar-refractivity contribution in [2.24, 2.45) is 5.92 Å². The minimum atomic E-state index is -0.396. The van der Waals surface area contributed by atoms with Crippen LogP contribution in [0.4, 0.5) is 15.8 Å². The van der Waals surface area contributed by atoms with Crippen LogP contribution in [-0.2, 0) is 22.5 Å². The zero-order valence-electron chi connectivity index (χ0n) is 18.7. The molecule has 2 aromatic carbocycles. The number of nitrogens with zero attached hydrogens (tertiary/aromatic N) is 3. The molecule has 2 aliphatic heterocycles. The van der Waals surface area contributed by atoms with Crippen molar-refractivity contribution in [3.8, 4) is 0 Å². The SMILES string of the molecule is COCCCNC(=O)C1Cc2cc([N+](=O)[O-])ccc2N2CCN(Cc3ccc(F)cc3)CC12. The van der Waals surface area contributed by atoms with Gasteiger partial charge >= 0.3 is 0 Å².